The van der Waals surface area contributed by atoms with Crippen LogP contribution in [-0.4, -0.2) is 53.2 Å². The number of likely N-dealkylation sites (tertiary alicyclic amines) is 1. The molecular weight excluding hydrogens is 212 g/mol. The third-order valence-electron chi connectivity index (χ3n) is 2.66. The van der Waals surface area contributed by atoms with Gasteiger partial charge in [-0.2, -0.15) is 0 Å². The van der Waals surface area contributed by atoms with E-state index in [1.54, 1.807) is 11.8 Å². The molecule has 0 aromatic heterocycles. The lowest BCUT2D eigenvalue weighted by atomic mass is 9.95. The zero-order chi connectivity index (χ0) is 12.3. The summed E-state index contributed by atoms with van der Waals surface area (Å²) in [4.78, 5) is 23.5. The number of ether oxygens (including phenoxy) is 1. The molecule has 0 aromatic carbocycles. The Kier molecular flexibility index (Phi) is 3.88. The highest BCUT2D eigenvalue weighted by Gasteiger charge is 2.43. The largest absolute Gasteiger partial charge is 0.480 e. The van der Waals surface area contributed by atoms with Crippen molar-refractivity contribution in [2.75, 3.05) is 19.7 Å². The van der Waals surface area contributed by atoms with E-state index in [1.165, 1.54) is 0 Å². The van der Waals surface area contributed by atoms with E-state index in [0.717, 1.165) is 0 Å². The molecule has 0 saturated carbocycles. The van der Waals surface area contributed by atoms with Crippen LogP contribution in [0.4, 0.5) is 0 Å². The molecule has 6 nitrogen and oxygen atoms in total. The Bertz CT molecular complexity index is 287. The summed E-state index contributed by atoms with van der Waals surface area (Å²) in [5.74, 6) is -1.10. The number of nitrogens with zero attached hydrogens (tertiary/aromatic N) is 1. The third kappa shape index (κ3) is 2.93. The molecule has 0 bridgehead atoms. The first-order chi connectivity index (χ1) is 7.38. The fourth-order valence-electron chi connectivity index (χ4n) is 1.65. The summed E-state index contributed by atoms with van der Waals surface area (Å²) in [5.41, 5.74) is 5.07. The van der Waals surface area contributed by atoms with Crippen LogP contribution in [0.25, 0.3) is 0 Å². The number of hydrogen-bond acceptors (Lipinski definition) is 4. The molecular formula is C10H18N2O4. The van der Waals surface area contributed by atoms with Crippen LogP contribution in [0.2, 0.25) is 0 Å². The van der Waals surface area contributed by atoms with Gasteiger partial charge in [-0.05, 0) is 13.3 Å². The van der Waals surface area contributed by atoms with E-state index < -0.39 is 17.6 Å². The molecule has 1 unspecified atom stereocenters. The van der Waals surface area contributed by atoms with Crippen LogP contribution >= 0.6 is 0 Å². The number of hydrogen-bond donors (Lipinski definition) is 2. The average molecular weight is 230 g/mol. The Morgan fingerprint density at radius 2 is 2.12 bits per heavy atom. The topological polar surface area (TPSA) is 92.9 Å². The second-order valence-electron chi connectivity index (χ2n) is 4.34. The zero-order valence-corrected chi connectivity index (χ0v) is 9.60. The van der Waals surface area contributed by atoms with Crippen LogP contribution in [0.1, 0.15) is 20.3 Å². The van der Waals surface area contributed by atoms with E-state index in [4.69, 9.17) is 15.6 Å². The van der Waals surface area contributed by atoms with Gasteiger partial charge in [0.05, 0.1) is 19.1 Å². The van der Waals surface area contributed by atoms with Crippen LogP contribution in [0, 0.1) is 0 Å². The standard InChI is InChI=1S/C10H18N2O4/c1-3-7(11)9(15)12-5-10(2,6-12)16-4-8(13)14/h7H,3-6,11H2,1-2H3,(H,13,14). The van der Waals surface area contributed by atoms with E-state index in [1.807, 2.05) is 6.92 Å². The molecule has 1 heterocycles. The summed E-state index contributed by atoms with van der Waals surface area (Å²) in [6.07, 6.45) is 0.599. The normalized spacial score (nSPS) is 20.1. The van der Waals surface area contributed by atoms with Crippen molar-refractivity contribution in [1.82, 2.24) is 4.90 Å². The van der Waals surface area contributed by atoms with Gasteiger partial charge in [0, 0.05) is 0 Å². The second-order valence-corrected chi connectivity index (χ2v) is 4.34. The molecule has 0 radical (unpaired) electrons. The molecule has 16 heavy (non-hydrogen) atoms. The van der Waals surface area contributed by atoms with Crippen molar-refractivity contribution in [3.8, 4) is 0 Å². The molecule has 1 amide bonds. The van der Waals surface area contributed by atoms with Gasteiger partial charge in [0.15, 0.2) is 0 Å². The van der Waals surface area contributed by atoms with Crippen LogP contribution in [0.3, 0.4) is 0 Å². The average Bonchev–Trinajstić information content (AvgIpc) is 2.20. The van der Waals surface area contributed by atoms with Crippen molar-refractivity contribution in [2.24, 2.45) is 5.73 Å². The fourth-order valence-corrected chi connectivity index (χ4v) is 1.65. The van der Waals surface area contributed by atoms with E-state index in [9.17, 15) is 9.59 Å². The maximum atomic E-state index is 11.6. The first-order valence-electron chi connectivity index (χ1n) is 5.28. The van der Waals surface area contributed by atoms with Crippen molar-refractivity contribution >= 4 is 11.9 Å². The van der Waals surface area contributed by atoms with Gasteiger partial charge in [0.1, 0.15) is 12.2 Å². The van der Waals surface area contributed by atoms with Crippen LogP contribution in [-0.2, 0) is 14.3 Å². The Balaban J connectivity index is 2.35. The highest BCUT2D eigenvalue weighted by atomic mass is 16.5. The molecule has 0 spiro atoms. The van der Waals surface area contributed by atoms with Crippen molar-refractivity contribution in [1.29, 1.82) is 0 Å². The lowest BCUT2D eigenvalue weighted by Crippen LogP contribution is -2.65. The SMILES string of the molecule is CCC(N)C(=O)N1CC(C)(OCC(=O)O)C1. The van der Waals surface area contributed by atoms with Crippen molar-refractivity contribution in [3.05, 3.63) is 0 Å². The molecule has 1 fully saturated rings. The molecule has 1 atom stereocenters. The molecule has 1 saturated heterocycles. The highest BCUT2D eigenvalue weighted by Crippen LogP contribution is 2.25. The van der Waals surface area contributed by atoms with Gasteiger partial charge in [0.2, 0.25) is 5.91 Å². The van der Waals surface area contributed by atoms with Gasteiger partial charge in [-0.25, -0.2) is 4.79 Å². The van der Waals surface area contributed by atoms with Gasteiger partial charge >= 0.3 is 5.97 Å². The maximum Gasteiger partial charge on any atom is 0.329 e. The van der Waals surface area contributed by atoms with Crippen LogP contribution in [0.5, 0.6) is 0 Å². The van der Waals surface area contributed by atoms with Crippen LogP contribution < -0.4 is 5.73 Å². The number of rotatable bonds is 5. The summed E-state index contributed by atoms with van der Waals surface area (Å²) in [6.45, 7) is 4.12. The Labute approximate surface area is 94.3 Å². The molecule has 6 heteroatoms. The minimum Gasteiger partial charge on any atom is -0.480 e. The number of carbonyl (C=O) groups is 2. The number of nitrogens with two attached hydrogens (primary N) is 1. The highest BCUT2D eigenvalue weighted by molar-refractivity contribution is 5.82. The third-order valence-corrected chi connectivity index (χ3v) is 2.66. The molecule has 3 N–H and O–H groups in total. The summed E-state index contributed by atoms with van der Waals surface area (Å²) in [6, 6.07) is -0.468. The minimum absolute atomic E-state index is 0.0982. The number of amides is 1. The number of carboxylic acids is 1. The monoisotopic (exact) mass is 230 g/mol. The zero-order valence-electron chi connectivity index (χ0n) is 9.60. The molecule has 0 aliphatic carbocycles. The van der Waals surface area contributed by atoms with E-state index in [-0.39, 0.29) is 12.5 Å². The van der Waals surface area contributed by atoms with E-state index in [0.29, 0.717) is 19.5 Å². The van der Waals surface area contributed by atoms with Gasteiger partial charge in [-0.15, -0.1) is 0 Å². The Hall–Kier alpha value is -1.14. The molecule has 1 rings (SSSR count). The maximum absolute atomic E-state index is 11.6. The van der Waals surface area contributed by atoms with E-state index >= 15 is 0 Å². The van der Waals surface area contributed by atoms with Gasteiger partial charge in [-0.1, -0.05) is 6.92 Å². The fraction of sp³-hybridized carbons (Fsp3) is 0.800. The first-order valence-corrected chi connectivity index (χ1v) is 5.28. The van der Waals surface area contributed by atoms with Gasteiger partial charge in [0.25, 0.3) is 0 Å². The summed E-state index contributed by atoms with van der Waals surface area (Å²) in [7, 11) is 0. The lowest BCUT2D eigenvalue weighted by molar-refractivity contribution is -0.174. The second kappa shape index (κ2) is 4.80. The van der Waals surface area contributed by atoms with Crippen LogP contribution in [0.15, 0.2) is 0 Å². The van der Waals surface area contributed by atoms with Crippen molar-refractivity contribution in [2.45, 2.75) is 31.9 Å². The lowest BCUT2D eigenvalue weighted by Gasteiger charge is -2.47. The summed E-state index contributed by atoms with van der Waals surface area (Å²) < 4.78 is 5.19. The minimum atomic E-state index is -1.00. The summed E-state index contributed by atoms with van der Waals surface area (Å²) >= 11 is 0. The molecule has 1 aliphatic rings. The number of carbonyl (C=O) groups excluding carboxylic acids is 1. The van der Waals surface area contributed by atoms with Crippen molar-refractivity contribution < 1.29 is 19.4 Å². The summed E-state index contributed by atoms with van der Waals surface area (Å²) in [5, 5.41) is 8.47. The Morgan fingerprint density at radius 1 is 1.56 bits per heavy atom. The smallest absolute Gasteiger partial charge is 0.329 e. The van der Waals surface area contributed by atoms with Gasteiger partial charge in [-0.3, -0.25) is 4.79 Å². The van der Waals surface area contributed by atoms with Crippen molar-refractivity contribution in [3.63, 3.8) is 0 Å². The molecule has 1 aliphatic heterocycles. The molecule has 0 aromatic rings. The Morgan fingerprint density at radius 3 is 2.56 bits per heavy atom. The van der Waals surface area contributed by atoms with Gasteiger partial charge < -0.3 is 20.5 Å². The van der Waals surface area contributed by atoms with E-state index in [2.05, 4.69) is 0 Å². The first kappa shape index (κ1) is 12.9. The predicted molar refractivity (Wildman–Crippen MR) is 56.8 cm³/mol. The predicted octanol–water partition coefficient (Wildman–Crippen LogP) is -0.574. The molecule has 92 valence electrons. The number of aliphatic carboxylic acids is 1. The number of carboxylic acid groups (broad SMARTS) is 1. The quantitative estimate of drug-likeness (QED) is 0.659.